The van der Waals surface area contributed by atoms with E-state index in [1.807, 2.05) is 0 Å². The van der Waals surface area contributed by atoms with Gasteiger partial charge in [-0.1, -0.05) is 0 Å². The lowest BCUT2D eigenvalue weighted by molar-refractivity contribution is -0.137. The Kier molecular flexibility index (Phi) is 10.5. The highest BCUT2D eigenvalue weighted by Gasteiger charge is 1.97. The normalized spacial score (nSPS) is 8.92. The van der Waals surface area contributed by atoms with Gasteiger partial charge in [-0.25, -0.2) is 0 Å². The highest BCUT2D eigenvalue weighted by molar-refractivity contribution is 7.73. The van der Waals surface area contributed by atoms with Crippen LogP contribution in [-0.4, -0.2) is 30.2 Å². The van der Waals surface area contributed by atoms with E-state index < -0.39 is 17.3 Å². The Balaban J connectivity index is 0. The zero-order valence-corrected chi connectivity index (χ0v) is 7.91. The molecule has 0 aromatic rings. The zero-order valence-electron chi connectivity index (χ0n) is 7.10. The van der Waals surface area contributed by atoms with Crippen LogP contribution in [0.2, 0.25) is 0 Å². The summed E-state index contributed by atoms with van der Waals surface area (Å²) in [7, 11) is 0. The third-order valence-corrected chi connectivity index (χ3v) is 0.919. The zero-order chi connectivity index (χ0) is 10.9. The number of carbonyl (C=O) groups excluding carboxylic acids is 1. The highest BCUT2D eigenvalue weighted by atomic mass is 32.2. The molecule has 0 saturated carbocycles. The summed E-state index contributed by atoms with van der Waals surface area (Å²) in [5, 5.41) is 8.12. The van der Waals surface area contributed by atoms with Crippen molar-refractivity contribution >= 4 is 23.1 Å². The lowest BCUT2D eigenvalue weighted by atomic mass is 10.2. The maximum atomic E-state index is 10.2. The van der Waals surface area contributed by atoms with E-state index in [4.69, 9.17) is 18.4 Å². The largest absolute Gasteiger partial charge is 0.481 e. The summed E-state index contributed by atoms with van der Waals surface area (Å²) in [5.41, 5.74) is 0. The molecule has 0 atom stereocenters. The lowest BCUT2D eigenvalue weighted by Crippen LogP contribution is -1.96. The van der Waals surface area contributed by atoms with E-state index in [0.717, 1.165) is 0 Å². The van der Waals surface area contributed by atoms with Crippen molar-refractivity contribution in [2.45, 2.75) is 26.2 Å². The Morgan fingerprint density at radius 2 is 1.62 bits per heavy atom. The van der Waals surface area contributed by atoms with Gasteiger partial charge in [0.15, 0.2) is 0 Å². The number of carbonyl (C=O) groups is 2. The molecule has 0 saturated heterocycles. The summed E-state index contributed by atoms with van der Waals surface area (Å²) >= 11 is -2.61. The van der Waals surface area contributed by atoms with Crippen molar-refractivity contribution in [3.8, 4) is 0 Å². The quantitative estimate of drug-likeness (QED) is 0.585. The second-order valence-corrected chi connectivity index (χ2v) is 2.64. The van der Waals surface area contributed by atoms with Gasteiger partial charge in [-0.15, -0.1) is 0 Å². The SMILES string of the molecule is CC(=O)CCCC(=O)O.O=S(O)O. The van der Waals surface area contributed by atoms with Gasteiger partial charge < -0.3 is 9.90 Å². The highest BCUT2D eigenvalue weighted by Crippen LogP contribution is 1.94. The fraction of sp³-hybridized carbons (Fsp3) is 0.667. The van der Waals surface area contributed by atoms with Gasteiger partial charge in [0.05, 0.1) is 0 Å². The molecule has 13 heavy (non-hydrogen) atoms. The van der Waals surface area contributed by atoms with Crippen LogP contribution in [0.4, 0.5) is 0 Å². The minimum atomic E-state index is -2.61. The Hall–Kier alpha value is -0.790. The second kappa shape index (κ2) is 9.30. The molecule has 0 heterocycles. The summed E-state index contributed by atoms with van der Waals surface area (Å²) in [6.07, 6.45) is 0.941. The van der Waals surface area contributed by atoms with Crippen LogP contribution in [0.1, 0.15) is 26.2 Å². The third-order valence-electron chi connectivity index (χ3n) is 0.919. The Morgan fingerprint density at radius 3 is 1.85 bits per heavy atom. The first-order valence-electron chi connectivity index (χ1n) is 3.37. The number of carboxylic acid groups (broad SMARTS) is 1. The van der Waals surface area contributed by atoms with Crippen molar-refractivity contribution < 1.29 is 28.0 Å². The van der Waals surface area contributed by atoms with Crippen LogP contribution in [0.3, 0.4) is 0 Å². The van der Waals surface area contributed by atoms with Crippen LogP contribution in [0, 0.1) is 0 Å². The monoisotopic (exact) mass is 212 g/mol. The van der Waals surface area contributed by atoms with Gasteiger partial charge in [0, 0.05) is 12.8 Å². The van der Waals surface area contributed by atoms with E-state index in [1.165, 1.54) is 6.92 Å². The molecule has 0 spiro atoms. The van der Waals surface area contributed by atoms with Crippen LogP contribution in [-0.2, 0) is 21.0 Å². The third kappa shape index (κ3) is 35.0. The van der Waals surface area contributed by atoms with E-state index >= 15 is 0 Å². The van der Waals surface area contributed by atoms with Gasteiger partial charge in [0.1, 0.15) is 5.78 Å². The predicted octanol–water partition coefficient (Wildman–Crippen LogP) is 0.511. The molecule has 7 heteroatoms. The first-order valence-corrected chi connectivity index (χ1v) is 4.43. The molecule has 0 amide bonds. The van der Waals surface area contributed by atoms with Crippen molar-refractivity contribution in [2.24, 2.45) is 0 Å². The molecular formula is C6H12O6S. The minimum Gasteiger partial charge on any atom is -0.481 e. The predicted molar refractivity (Wildman–Crippen MR) is 45.6 cm³/mol. The van der Waals surface area contributed by atoms with Gasteiger partial charge in [0.25, 0.3) is 11.4 Å². The van der Waals surface area contributed by atoms with Gasteiger partial charge in [-0.05, 0) is 13.3 Å². The van der Waals surface area contributed by atoms with Crippen LogP contribution >= 0.6 is 0 Å². The summed E-state index contributed by atoms with van der Waals surface area (Å²) < 4.78 is 22.8. The molecule has 0 radical (unpaired) electrons. The molecule has 0 aromatic heterocycles. The first-order chi connectivity index (χ1) is 5.86. The van der Waals surface area contributed by atoms with E-state index in [0.29, 0.717) is 12.8 Å². The summed E-state index contributed by atoms with van der Waals surface area (Å²) in [6.45, 7) is 1.46. The number of hydrogen-bond donors (Lipinski definition) is 3. The topological polar surface area (TPSA) is 112 Å². The minimum absolute atomic E-state index is 0.0521. The summed E-state index contributed by atoms with van der Waals surface area (Å²) in [5.74, 6) is -0.785. The number of rotatable bonds is 4. The van der Waals surface area contributed by atoms with Crippen LogP contribution < -0.4 is 0 Å². The van der Waals surface area contributed by atoms with Crippen molar-refractivity contribution in [1.29, 1.82) is 0 Å². The van der Waals surface area contributed by atoms with Gasteiger partial charge >= 0.3 is 5.97 Å². The molecule has 6 nitrogen and oxygen atoms in total. The Morgan fingerprint density at radius 1 is 1.23 bits per heavy atom. The summed E-state index contributed by atoms with van der Waals surface area (Å²) in [4.78, 5) is 20.1. The standard InChI is InChI=1S/C6H10O3.H2O3S/c1-5(7)3-2-4-6(8)9;1-4(2)3/h2-4H2,1H3,(H,8,9);(H2,1,2,3). The molecule has 0 fully saturated rings. The van der Waals surface area contributed by atoms with Crippen molar-refractivity contribution in [2.75, 3.05) is 0 Å². The Labute approximate surface area is 78.1 Å². The number of aliphatic carboxylic acids is 1. The molecule has 0 aliphatic carbocycles. The van der Waals surface area contributed by atoms with Crippen LogP contribution in [0.5, 0.6) is 0 Å². The van der Waals surface area contributed by atoms with Gasteiger partial charge in [0.2, 0.25) is 0 Å². The Bertz CT molecular complexity index is 172. The fourth-order valence-electron chi connectivity index (χ4n) is 0.489. The van der Waals surface area contributed by atoms with Gasteiger partial charge in [-0.2, -0.15) is 4.21 Å². The smallest absolute Gasteiger partial charge is 0.303 e. The molecule has 0 unspecified atom stereocenters. The van der Waals surface area contributed by atoms with E-state index in [2.05, 4.69) is 0 Å². The lowest BCUT2D eigenvalue weighted by Gasteiger charge is -1.89. The number of Topliss-reactive ketones (excluding diaryl/α,β-unsaturated/α-hetero) is 1. The van der Waals surface area contributed by atoms with E-state index in [9.17, 15) is 9.59 Å². The van der Waals surface area contributed by atoms with Crippen molar-refractivity contribution in [3.05, 3.63) is 0 Å². The second-order valence-electron chi connectivity index (χ2n) is 2.18. The number of ketones is 1. The average Bonchev–Trinajstić information content (AvgIpc) is 1.83. The van der Waals surface area contributed by atoms with Crippen LogP contribution in [0.25, 0.3) is 0 Å². The average molecular weight is 212 g/mol. The van der Waals surface area contributed by atoms with Gasteiger partial charge in [-0.3, -0.25) is 13.9 Å². The molecule has 0 rings (SSSR count). The fourth-order valence-corrected chi connectivity index (χ4v) is 0.489. The van der Waals surface area contributed by atoms with E-state index in [1.54, 1.807) is 0 Å². The number of hydrogen-bond acceptors (Lipinski definition) is 3. The molecule has 0 aliphatic heterocycles. The van der Waals surface area contributed by atoms with Crippen LogP contribution in [0.15, 0.2) is 0 Å². The summed E-state index contributed by atoms with van der Waals surface area (Å²) in [6, 6.07) is 0. The molecule has 78 valence electrons. The maximum Gasteiger partial charge on any atom is 0.303 e. The first kappa shape index (κ1) is 14.7. The molecule has 0 aliphatic rings. The molecule has 0 bridgehead atoms. The van der Waals surface area contributed by atoms with Crippen molar-refractivity contribution in [3.63, 3.8) is 0 Å². The van der Waals surface area contributed by atoms with Crippen molar-refractivity contribution in [1.82, 2.24) is 0 Å². The molecular weight excluding hydrogens is 200 g/mol. The molecule has 0 aromatic carbocycles. The molecule has 3 N–H and O–H groups in total. The maximum absolute atomic E-state index is 10.2. The number of carboxylic acids is 1. The van der Waals surface area contributed by atoms with E-state index in [-0.39, 0.29) is 12.2 Å².